The molecule has 2 heteroatoms. The first-order valence-corrected chi connectivity index (χ1v) is 5.03. The largest absolute Gasteiger partial charge is 0.492 e. The Morgan fingerprint density at radius 2 is 2.31 bits per heavy atom. The van der Waals surface area contributed by atoms with Gasteiger partial charge >= 0.3 is 0 Å². The molecular formula is C11H12BrO. The summed E-state index contributed by atoms with van der Waals surface area (Å²) in [5.74, 6) is 0.857. The minimum atomic E-state index is 0.735. The van der Waals surface area contributed by atoms with Crippen LogP contribution in [0.2, 0.25) is 0 Å². The third-order valence-corrected chi connectivity index (χ3v) is 2.43. The van der Waals surface area contributed by atoms with Gasteiger partial charge in [0, 0.05) is 0 Å². The van der Waals surface area contributed by atoms with Crippen LogP contribution in [0, 0.1) is 6.08 Å². The molecule has 0 atom stereocenters. The van der Waals surface area contributed by atoms with E-state index < -0.39 is 0 Å². The highest BCUT2D eigenvalue weighted by molar-refractivity contribution is 9.10. The van der Waals surface area contributed by atoms with Crippen LogP contribution in [0.5, 0.6) is 5.75 Å². The zero-order valence-corrected chi connectivity index (χ0v) is 9.23. The molecule has 0 aliphatic heterocycles. The summed E-state index contributed by atoms with van der Waals surface area (Å²) in [6.07, 6.45) is 3.84. The summed E-state index contributed by atoms with van der Waals surface area (Å²) in [6.45, 7) is 6.42. The Morgan fingerprint density at radius 1 is 1.54 bits per heavy atom. The van der Waals surface area contributed by atoms with Crippen LogP contribution in [-0.2, 0) is 0 Å². The smallest absolute Gasteiger partial charge is 0.134 e. The molecule has 1 nitrogen and oxygen atoms in total. The summed E-state index contributed by atoms with van der Waals surface area (Å²) < 4.78 is 6.44. The lowest BCUT2D eigenvalue weighted by molar-refractivity contribution is 0.315. The van der Waals surface area contributed by atoms with Gasteiger partial charge in [-0.25, -0.2) is 0 Å². The lowest BCUT2D eigenvalue weighted by atomic mass is 10.2. The highest BCUT2D eigenvalue weighted by Gasteiger charge is 2.03. The van der Waals surface area contributed by atoms with Gasteiger partial charge in [-0.15, -0.1) is 0 Å². The van der Waals surface area contributed by atoms with Gasteiger partial charge in [0.1, 0.15) is 5.75 Å². The van der Waals surface area contributed by atoms with Gasteiger partial charge in [0.05, 0.1) is 11.1 Å². The molecule has 0 aromatic heterocycles. The maximum Gasteiger partial charge on any atom is 0.134 e. The summed E-state index contributed by atoms with van der Waals surface area (Å²) in [7, 11) is 0. The van der Waals surface area contributed by atoms with E-state index >= 15 is 0 Å². The van der Waals surface area contributed by atoms with Crippen molar-refractivity contribution in [2.45, 2.75) is 13.3 Å². The molecular weight excluding hydrogens is 228 g/mol. The van der Waals surface area contributed by atoms with E-state index in [-0.39, 0.29) is 0 Å². The van der Waals surface area contributed by atoms with Crippen molar-refractivity contribution in [1.29, 1.82) is 0 Å². The lowest BCUT2D eigenvalue weighted by Gasteiger charge is -2.08. The lowest BCUT2D eigenvalue weighted by Crippen LogP contribution is -1.96. The van der Waals surface area contributed by atoms with E-state index in [9.17, 15) is 0 Å². The van der Waals surface area contributed by atoms with Crippen molar-refractivity contribution >= 4 is 15.9 Å². The third-order valence-electron chi connectivity index (χ3n) is 1.62. The first kappa shape index (κ1) is 10.3. The van der Waals surface area contributed by atoms with Gasteiger partial charge < -0.3 is 4.74 Å². The van der Waals surface area contributed by atoms with Crippen molar-refractivity contribution in [3.63, 3.8) is 0 Å². The van der Waals surface area contributed by atoms with Crippen LogP contribution >= 0.6 is 15.9 Å². The molecule has 1 rings (SSSR count). The van der Waals surface area contributed by atoms with E-state index in [1.54, 1.807) is 0 Å². The molecule has 1 aromatic carbocycles. The fourth-order valence-electron chi connectivity index (χ4n) is 0.971. The summed E-state index contributed by atoms with van der Waals surface area (Å²) in [4.78, 5) is 0. The topological polar surface area (TPSA) is 9.23 Å². The summed E-state index contributed by atoms with van der Waals surface area (Å²) in [5, 5.41) is 0. The van der Waals surface area contributed by atoms with E-state index in [2.05, 4.69) is 35.5 Å². The molecule has 13 heavy (non-hydrogen) atoms. The molecule has 0 saturated carbocycles. The van der Waals surface area contributed by atoms with Crippen molar-refractivity contribution in [1.82, 2.24) is 0 Å². The SMILES string of the molecule is C=[C]c1cccc(OCCC)c1Br. The second-order valence-corrected chi connectivity index (χ2v) is 3.44. The van der Waals surface area contributed by atoms with E-state index in [4.69, 9.17) is 4.74 Å². The number of rotatable bonds is 4. The van der Waals surface area contributed by atoms with Crippen molar-refractivity contribution in [2.75, 3.05) is 6.61 Å². The standard InChI is InChI=1S/C11H12BrO/c1-3-8-13-10-7-5-6-9(4-2)11(10)12/h5-7H,2-3,8H2,1H3. The first-order chi connectivity index (χ1) is 6.29. The van der Waals surface area contributed by atoms with Gasteiger partial charge in [0.25, 0.3) is 0 Å². The Morgan fingerprint density at radius 3 is 2.92 bits per heavy atom. The quantitative estimate of drug-likeness (QED) is 0.781. The van der Waals surface area contributed by atoms with E-state index in [0.717, 1.165) is 28.8 Å². The van der Waals surface area contributed by atoms with Gasteiger partial charge in [0.15, 0.2) is 0 Å². The second-order valence-electron chi connectivity index (χ2n) is 2.64. The van der Waals surface area contributed by atoms with E-state index in [1.165, 1.54) is 0 Å². The van der Waals surface area contributed by atoms with Crippen LogP contribution in [0.3, 0.4) is 0 Å². The summed E-state index contributed by atoms with van der Waals surface area (Å²) in [6, 6.07) is 5.81. The van der Waals surface area contributed by atoms with Crippen LogP contribution in [0.1, 0.15) is 18.9 Å². The van der Waals surface area contributed by atoms with Crippen LogP contribution < -0.4 is 4.74 Å². The van der Waals surface area contributed by atoms with Gasteiger partial charge in [-0.2, -0.15) is 0 Å². The average Bonchev–Trinajstić information content (AvgIpc) is 2.16. The summed E-state index contributed by atoms with van der Waals surface area (Å²) in [5.41, 5.74) is 0.939. The van der Waals surface area contributed by atoms with E-state index in [1.807, 2.05) is 18.2 Å². The van der Waals surface area contributed by atoms with Crippen LogP contribution in [0.15, 0.2) is 29.3 Å². The summed E-state index contributed by atoms with van der Waals surface area (Å²) >= 11 is 3.44. The molecule has 1 aromatic rings. The number of hydrogen-bond donors (Lipinski definition) is 0. The fourth-order valence-corrected chi connectivity index (χ4v) is 1.49. The normalized spacial score (nSPS) is 9.69. The van der Waals surface area contributed by atoms with Crippen molar-refractivity contribution in [2.24, 2.45) is 0 Å². The Labute approximate surface area is 87.5 Å². The number of halogens is 1. The van der Waals surface area contributed by atoms with Crippen molar-refractivity contribution < 1.29 is 4.74 Å². The highest BCUT2D eigenvalue weighted by Crippen LogP contribution is 2.28. The molecule has 0 bridgehead atoms. The number of ether oxygens (including phenoxy) is 1. The molecule has 0 N–H and O–H groups in total. The van der Waals surface area contributed by atoms with Gasteiger partial charge in [-0.1, -0.05) is 25.6 Å². The average molecular weight is 240 g/mol. The Balaban J connectivity index is 2.87. The van der Waals surface area contributed by atoms with Crippen molar-refractivity contribution in [3.05, 3.63) is 40.9 Å². The van der Waals surface area contributed by atoms with Crippen LogP contribution in [0.4, 0.5) is 0 Å². The number of benzene rings is 1. The van der Waals surface area contributed by atoms with Crippen LogP contribution in [-0.4, -0.2) is 6.61 Å². The Hall–Kier alpha value is -0.760. The second kappa shape index (κ2) is 5.07. The number of hydrogen-bond acceptors (Lipinski definition) is 1. The molecule has 0 aliphatic rings. The molecule has 0 fully saturated rings. The molecule has 1 radical (unpaired) electrons. The molecule has 69 valence electrons. The Kier molecular flexibility index (Phi) is 4.03. The zero-order chi connectivity index (χ0) is 9.68. The van der Waals surface area contributed by atoms with Crippen molar-refractivity contribution in [3.8, 4) is 5.75 Å². The molecule has 0 heterocycles. The minimum absolute atomic E-state index is 0.735. The maximum atomic E-state index is 5.51. The fraction of sp³-hybridized carbons (Fsp3) is 0.273. The molecule has 0 amide bonds. The molecule has 0 aliphatic carbocycles. The van der Waals surface area contributed by atoms with Crippen LogP contribution in [0.25, 0.3) is 0 Å². The maximum absolute atomic E-state index is 5.51. The molecule has 0 spiro atoms. The molecule has 0 unspecified atom stereocenters. The zero-order valence-electron chi connectivity index (χ0n) is 7.64. The third kappa shape index (κ3) is 2.59. The monoisotopic (exact) mass is 239 g/mol. The van der Waals surface area contributed by atoms with E-state index in [0.29, 0.717) is 0 Å². The van der Waals surface area contributed by atoms with Gasteiger partial charge in [0.2, 0.25) is 0 Å². The van der Waals surface area contributed by atoms with Gasteiger partial charge in [-0.05, 0) is 40.1 Å². The predicted molar refractivity (Wildman–Crippen MR) is 57.9 cm³/mol. The minimum Gasteiger partial charge on any atom is -0.492 e. The Bertz CT molecular complexity index is 294. The van der Waals surface area contributed by atoms with Gasteiger partial charge in [-0.3, -0.25) is 0 Å². The first-order valence-electron chi connectivity index (χ1n) is 4.24. The highest BCUT2D eigenvalue weighted by atomic mass is 79.9. The predicted octanol–water partition coefficient (Wildman–Crippen LogP) is 3.58. The molecule has 0 saturated heterocycles.